The number of ether oxygens (including phenoxy) is 1. The Hall–Kier alpha value is -0.340. The maximum atomic E-state index is 9.27. The van der Waals surface area contributed by atoms with Crippen LogP contribution < -0.4 is 0 Å². The van der Waals surface area contributed by atoms with Gasteiger partial charge in [0.25, 0.3) is 0 Å². The number of hydrogen-bond donors (Lipinski definition) is 1. The van der Waals surface area contributed by atoms with Gasteiger partial charge in [-0.15, -0.1) is 0 Å². The average Bonchev–Trinajstić information content (AvgIpc) is 2.34. The van der Waals surface area contributed by atoms with E-state index in [0.717, 1.165) is 19.4 Å². The first-order valence-corrected chi connectivity index (χ1v) is 3.82. The Balaban J connectivity index is 2.10. The average molecular weight is 140 g/mol. The van der Waals surface area contributed by atoms with Crippen molar-refractivity contribution in [2.24, 2.45) is 11.8 Å². The molecule has 0 aromatic rings. The van der Waals surface area contributed by atoms with E-state index in [9.17, 15) is 5.11 Å². The van der Waals surface area contributed by atoms with Crippen molar-refractivity contribution in [3.05, 3.63) is 12.2 Å². The fourth-order valence-electron chi connectivity index (χ4n) is 1.78. The summed E-state index contributed by atoms with van der Waals surface area (Å²) in [6, 6.07) is 0. The summed E-state index contributed by atoms with van der Waals surface area (Å²) in [5, 5.41) is 9.27. The Bertz CT molecular complexity index is 153. The maximum absolute atomic E-state index is 9.27. The monoisotopic (exact) mass is 140 g/mol. The van der Waals surface area contributed by atoms with Gasteiger partial charge in [0.05, 0.1) is 6.61 Å². The molecule has 0 spiro atoms. The highest BCUT2D eigenvalue weighted by Gasteiger charge is 2.35. The van der Waals surface area contributed by atoms with E-state index in [4.69, 9.17) is 4.74 Å². The van der Waals surface area contributed by atoms with Gasteiger partial charge in [0.1, 0.15) is 0 Å². The maximum Gasteiger partial charge on any atom is 0.158 e. The van der Waals surface area contributed by atoms with E-state index in [2.05, 4.69) is 12.2 Å². The Morgan fingerprint density at radius 1 is 1.30 bits per heavy atom. The van der Waals surface area contributed by atoms with E-state index >= 15 is 0 Å². The van der Waals surface area contributed by atoms with E-state index in [-0.39, 0.29) is 0 Å². The van der Waals surface area contributed by atoms with Gasteiger partial charge in [0, 0.05) is 5.92 Å². The van der Waals surface area contributed by atoms with Crippen LogP contribution in [0.15, 0.2) is 12.2 Å². The first-order valence-electron chi connectivity index (χ1n) is 3.82. The van der Waals surface area contributed by atoms with Gasteiger partial charge in [0.15, 0.2) is 6.29 Å². The van der Waals surface area contributed by atoms with Gasteiger partial charge in [0.2, 0.25) is 0 Å². The van der Waals surface area contributed by atoms with Crippen molar-refractivity contribution in [2.45, 2.75) is 19.1 Å². The summed E-state index contributed by atoms with van der Waals surface area (Å²) in [6.07, 6.45) is 5.91. The first kappa shape index (κ1) is 6.38. The zero-order valence-electron chi connectivity index (χ0n) is 5.86. The first-order chi connectivity index (χ1) is 4.88. The molecule has 10 heavy (non-hydrogen) atoms. The molecule has 0 radical (unpaired) electrons. The Morgan fingerprint density at radius 2 is 2.10 bits per heavy atom. The van der Waals surface area contributed by atoms with Crippen molar-refractivity contribution < 1.29 is 9.84 Å². The normalized spacial score (nSPS) is 45.5. The minimum atomic E-state index is -0.491. The highest BCUT2D eigenvalue weighted by atomic mass is 16.6. The molecule has 2 nitrogen and oxygen atoms in total. The lowest BCUT2D eigenvalue weighted by molar-refractivity contribution is -0.0816. The molecule has 0 aromatic heterocycles. The Labute approximate surface area is 60.5 Å². The van der Waals surface area contributed by atoms with Gasteiger partial charge >= 0.3 is 0 Å². The Kier molecular flexibility index (Phi) is 1.51. The molecule has 0 amide bonds. The largest absolute Gasteiger partial charge is 0.368 e. The molecular weight excluding hydrogens is 128 g/mol. The Morgan fingerprint density at radius 3 is 2.90 bits per heavy atom. The van der Waals surface area contributed by atoms with Crippen molar-refractivity contribution in [1.29, 1.82) is 0 Å². The second-order valence-electron chi connectivity index (χ2n) is 3.09. The minimum Gasteiger partial charge on any atom is -0.368 e. The van der Waals surface area contributed by atoms with Crippen molar-refractivity contribution >= 4 is 0 Å². The van der Waals surface area contributed by atoms with Crippen LogP contribution in [0.1, 0.15) is 12.8 Å². The van der Waals surface area contributed by atoms with Crippen LogP contribution in [-0.4, -0.2) is 18.0 Å². The van der Waals surface area contributed by atoms with E-state index in [1.54, 1.807) is 0 Å². The second kappa shape index (κ2) is 2.36. The van der Waals surface area contributed by atoms with Crippen molar-refractivity contribution in [3.63, 3.8) is 0 Å². The van der Waals surface area contributed by atoms with Gasteiger partial charge < -0.3 is 9.84 Å². The molecule has 0 saturated carbocycles. The third kappa shape index (κ3) is 0.879. The van der Waals surface area contributed by atoms with Crippen LogP contribution in [-0.2, 0) is 4.74 Å². The van der Waals surface area contributed by atoms with E-state index in [1.165, 1.54) is 0 Å². The molecule has 1 heterocycles. The molecule has 3 atom stereocenters. The van der Waals surface area contributed by atoms with E-state index < -0.39 is 6.29 Å². The highest BCUT2D eigenvalue weighted by molar-refractivity contribution is 4.97. The summed E-state index contributed by atoms with van der Waals surface area (Å²) < 4.78 is 5.12. The highest BCUT2D eigenvalue weighted by Crippen LogP contribution is 2.34. The van der Waals surface area contributed by atoms with Crippen LogP contribution in [0.2, 0.25) is 0 Å². The zero-order valence-corrected chi connectivity index (χ0v) is 5.86. The van der Waals surface area contributed by atoms with Crippen molar-refractivity contribution in [1.82, 2.24) is 0 Å². The zero-order chi connectivity index (χ0) is 6.97. The third-order valence-electron chi connectivity index (χ3n) is 2.47. The molecular formula is C8H12O2. The SMILES string of the molecule is O[C@H]1OC[C@H]2CC=CC[C@H]21. The molecule has 1 aliphatic heterocycles. The number of aliphatic hydroxyl groups is 1. The summed E-state index contributed by atoms with van der Waals surface area (Å²) >= 11 is 0. The van der Waals surface area contributed by atoms with Crippen LogP contribution in [0.5, 0.6) is 0 Å². The summed E-state index contributed by atoms with van der Waals surface area (Å²) in [6.45, 7) is 0.746. The van der Waals surface area contributed by atoms with Crippen LogP contribution in [0.25, 0.3) is 0 Å². The van der Waals surface area contributed by atoms with Crippen LogP contribution in [0, 0.1) is 11.8 Å². The van der Waals surface area contributed by atoms with Crippen molar-refractivity contribution in [3.8, 4) is 0 Å². The summed E-state index contributed by atoms with van der Waals surface area (Å²) in [5.41, 5.74) is 0. The number of fused-ring (bicyclic) bond motifs is 1. The molecule has 2 rings (SSSR count). The number of aliphatic hydroxyl groups excluding tert-OH is 1. The van der Waals surface area contributed by atoms with Gasteiger partial charge in [-0.25, -0.2) is 0 Å². The molecule has 0 bridgehead atoms. The van der Waals surface area contributed by atoms with Crippen LogP contribution in [0.4, 0.5) is 0 Å². The summed E-state index contributed by atoms with van der Waals surface area (Å²) in [7, 11) is 0. The third-order valence-corrected chi connectivity index (χ3v) is 2.47. The van der Waals surface area contributed by atoms with E-state index in [1.807, 2.05) is 0 Å². The lowest BCUT2D eigenvalue weighted by Crippen LogP contribution is -2.20. The minimum absolute atomic E-state index is 0.380. The second-order valence-corrected chi connectivity index (χ2v) is 3.09. The summed E-state index contributed by atoms with van der Waals surface area (Å²) in [4.78, 5) is 0. The van der Waals surface area contributed by atoms with Crippen LogP contribution >= 0.6 is 0 Å². The molecule has 2 aliphatic rings. The lowest BCUT2D eigenvalue weighted by Gasteiger charge is -2.19. The number of rotatable bonds is 0. The quantitative estimate of drug-likeness (QED) is 0.507. The topological polar surface area (TPSA) is 29.5 Å². The molecule has 56 valence electrons. The van der Waals surface area contributed by atoms with Gasteiger partial charge in [-0.05, 0) is 18.8 Å². The van der Waals surface area contributed by atoms with E-state index in [0.29, 0.717) is 11.8 Å². The number of allylic oxidation sites excluding steroid dienone is 2. The molecule has 2 heteroatoms. The molecule has 1 fully saturated rings. The smallest absolute Gasteiger partial charge is 0.158 e. The standard InChI is InChI=1S/C8H12O2/c9-8-7-4-2-1-3-6(7)5-10-8/h1-2,6-9H,3-5H2/t6-,7-,8+/m1/s1. The lowest BCUT2D eigenvalue weighted by atomic mass is 9.85. The summed E-state index contributed by atoms with van der Waals surface area (Å²) in [5.74, 6) is 0.963. The fraction of sp³-hybridized carbons (Fsp3) is 0.750. The molecule has 1 aliphatic carbocycles. The fourth-order valence-corrected chi connectivity index (χ4v) is 1.78. The predicted molar refractivity (Wildman–Crippen MR) is 37.3 cm³/mol. The number of hydrogen-bond acceptors (Lipinski definition) is 2. The van der Waals surface area contributed by atoms with Gasteiger partial charge in [-0.2, -0.15) is 0 Å². The van der Waals surface area contributed by atoms with Crippen LogP contribution in [0.3, 0.4) is 0 Å². The van der Waals surface area contributed by atoms with Gasteiger partial charge in [-0.1, -0.05) is 12.2 Å². The molecule has 0 unspecified atom stereocenters. The predicted octanol–water partition coefficient (Wildman–Crippen LogP) is 0.917. The molecule has 0 aromatic carbocycles. The van der Waals surface area contributed by atoms with Gasteiger partial charge in [-0.3, -0.25) is 0 Å². The van der Waals surface area contributed by atoms with Crippen molar-refractivity contribution in [2.75, 3.05) is 6.61 Å². The molecule has 1 saturated heterocycles. The molecule has 1 N–H and O–H groups in total.